The minimum absolute atomic E-state index is 0.136. The van der Waals surface area contributed by atoms with Crippen LogP contribution in [-0.2, 0) is 0 Å². The number of aryl methyl sites for hydroxylation is 1. The largest absolute Gasteiger partial charge is 0.367 e. The van der Waals surface area contributed by atoms with Crippen molar-refractivity contribution in [2.24, 2.45) is 0 Å². The number of aromatic nitrogens is 3. The lowest BCUT2D eigenvalue weighted by molar-refractivity contribution is 0.573. The molecule has 4 rings (SSSR count). The first-order valence-electron chi connectivity index (χ1n) is 8.77. The van der Waals surface area contributed by atoms with Gasteiger partial charge in [-0.25, -0.2) is 8.78 Å². The van der Waals surface area contributed by atoms with E-state index in [1.54, 1.807) is 41.3 Å². The van der Waals surface area contributed by atoms with Gasteiger partial charge in [0.05, 0.1) is 11.3 Å². The number of pyridine rings is 1. The molecule has 0 amide bonds. The highest BCUT2D eigenvalue weighted by Crippen LogP contribution is 2.29. The Morgan fingerprint density at radius 1 is 0.929 bits per heavy atom. The maximum atomic E-state index is 13.4. The Morgan fingerprint density at radius 3 is 2.04 bits per heavy atom. The molecule has 0 radical (unpaired) electrons. The summed E-state index contributed by atoms with van der Waals surface area (Å²) in [5.74, 6) is -0.675. The number of H-pyrrole nitrogens is 1. The maximum absolute atomic E-state index is 13.4. The number of aromatic amines is 1. The fraction of sp³-hybridized carbons (Fsp3) is 0.0909. The Morgan fingerprint density at radius 2 is 1.50 bits per heavy atom. The van der Waals surface area contributed by atoms with Crippen LogP contribution in [0.2, 0.25) is 0 Å². The van der Waals surface area contributed by atoms with Gasteiger partial charge in [0.15, 0.2) is 5.43 Å². The summed E-state index contributed by atoms with van der Waals surface area (Å²) in [6.07, 6.45) is 3.18. The lowest BCUT2D eigenvalue weighted by Gasteiger charge is -2.20. The average Bonchev–Trinajstić information content (AvgIpc) is 3.06. The van der Waals surface area contributed by atoms with Crippen molar-refractivity contribution < 1.29 is 8.78 Å². The fourth-order valence-corrected chi connectivity index (χ4v) is 3.26. The molecule has 0 spiro atoms. The van der Waals surface area contributed by atoms with E-state index < -0.39 is 6.04 Å². The minimum atomic E-state index is -0.391. The summed E-state index contributed by atoms with van der Waals surface area (Å²) >= 11 is 0. The van der Waals surface area contributed by atoms with Crippen molar-refractivity contribution in [2.75, 3.05) is 0 Å². The van der Waals surface area contributed by atoms with Crippen molar-refractivity contribution in [3.05, 3.63) is 112 Å². The van der Waals surface area contributed by atoms with Gasteiger partial charge in [-0.2, -0.15) is 5.10 Å². The van der Waals surface area contributed by atoms with Gasteiger partial charge in [-0.3, -0.25) is 9.48 Å². The zero-order chi connectivity index (χ0) is 19.7. The van der Waals surface area contributed by atoms with Gasteiger partial charge in [0, 0.05) is 24.2 Å². The molecule has 0 aliphatic heterocycles. The Bertz CT molecular complexity index is 1120. The number of hydrogen-bond acceptors (Lipinski definition) is 2. The molecule has 0 atom stereocenters. The number of halogens is 2. The van der Waals surface area contributed by atoms with Crippen LogP contribution >= 0.6 is 0 Å². The summed E-state index contributed by atoms with van der Waals surface area (Å²) in [6, 6.07) is 15.1. The van der Waals surface area contributed by atoms with Crippen LogP contribution in [0.4, 0.5) is 8.78 Å². The first-order valence-corrected chi connectivity index (χ1v) is 8.77. The van der Waals surface area contributed by atoms with Crippen molar-refractivity contribution in [3.63, 3.8) is 0 Å². The highest BCUT2D eigenvalue weighted by molar-refractivity contribution is 5.58. The second-order valence-corrected chi connectivity index (χ2v) is 6.54. The molecule has 0 saturated carbocycles. The normalized spacial score (nSPS) is 11.1. The summed E-state index contributed by atoms with van der Waals surface area (Å²) in [7, 11) is 0. The third-order valence-corrected chi connectivity index (χ3v) is 4.64. The van der Waals surface area contributed by atoms with Crippen LogP contribution in [0, 0.1) is 18.6 Å². The predicted octanol–water partition coefficient (Wildman–Crippen LogP) is 4.46. The fourth-order valence-electron chi connectivity index (χ4n) is 3.26. The first kappa shape index (κ1) is 17.9. The Labute approximate surface area is 160 Å². The number of nitrogens with zero attached hydrogens (tertiary/aromatic N) is 2. The standard InChI is InChI=1S/C22H17F2N3O/c1-14-12-20(19-13-25-11-10-21(19)28)26-27(14)22(15-2-6-17(23)7-3-15)16-4-8-18(24)9-5-16/h2-13,22H,1H3,(H,25,28). The first-order chi connectivity index (χ1) is 13.5. The van der Waals surface area contributed by atoms with Crippen molar-refractivity contribution in [1.29, 1.82) is 0 Å². The van der Waals surface area contributed by atoms with Crippen LogP contribution < -0.4 is 5.43 Å². The smallest absolute Gasteiger partial charge is 0.190 e. The molecule has 1 N–H and O–H groups in total. The van der Waals surface area contributed by atoms with Gasteiger partial charge in [0.1, 0.15) is 17.7 Å². The summed E-state index contributed by atoms with van der Waals surface area (Å²) in [5.41, 5.74) is 3.27. The molecule has 0 unspecified atom stereocenters. The van der Waals surface area contributed by atoms with Crippen molar-refractivity contribution in [3.8, 4) is 11.3 Å². The SMILES string of the molecule is Cc1cc(-c2c[nH]ccc2=O)nn1C(c1ccc(F)cc1)c1ccc(F)cc1. The van der Waals surface area contributed by atoms with E-state index in [4.69, 9.17) is 0 Å². The molecular weight excluding hydrogens is 360 g/mol. The van der Waals surface area contributed by atoms with Crippen LogP contribution in [0.25, 0.3) is 11.3 Å². The van der Waals surface area contributed by atoms with Crippen LogP contribution in [0.15, 0.2) is 77.9 Å². The molecule has 2 heterocycles. The van der Waals surface area contributed by atoms with Crippen molar-refractivity contribution in [2.45, 2.75) is 13.0 Å². The second kappa shape index (κ2) is 7.23. The minimum Gasteiger partial charge on any atom is -0.367 e. The van der Waals surface area contributed by atoms with Gasteiger partial charge in [0.25, 0.3) is 0 Å². The Balaban J connectivity index is 1.87. The summed E-state index contributed by atoms with van der Waals surface area (Å²) in [4.78, 5) is 15.1. The van der Waals surface area contributed by atoms with E-state index in [1.165, 1.54) is 30.3 Å². The van der Waals surface area contributed by atoms with Gasteiger partial charge in [-0.1, -0.05) is 24.3 Å². The lowest BCUT2D eigenvalue weighted by atomic mass is 9.98. The second-order valence-electron chi connectivity index (χ2n) is 6.54. The lowest BCUT2D eigenvalue weighted by Crippen LogP contribution is -2.15. The molecule has 0 aliphatic carbocycles. The van der Waals surface area contributed by atoms with E-state index in [2.05, 4.69) is 10.1 Å². The molecule has 2 aromatic heterocycles. The molecule has 4 nitrogen and oxygen atoms in total. The topological polar surface area (TPSA) is 50.7 Å². The van der Waals surface area contributed by atoms with Gasteiger partial charge in [-0.05, 0) is 48.4 Å². The van der Waals surface area contributed by atoms with Crippen LogP contribution in [0.5, 0.6) is 0 Å². The zero-order valence-corrected chi connectivity index (χ0v) is 15.1. The van der Waals surface area contributed by atoms with E-state index in [0.717, 1.165) is 16.8 Å². The van der Waals surface area contributed by atoms with Crippen LogP contribution in [-0.4, -0.2) is 14.8 Å². The third-order valence-electron chi connectivity index (χ3n) is 4.64. The van der Waals surface area contributed by atoms with Crippen molar-refractivity contribution >= 4 is 0 Å². The molecule has 0 saturated heterocycles. The summed E-state index contributed by atoms with van der Waals surface area (Å²) < 4.78 is 28.7. The highest BCUT2D eigenvalue weighted by atomic mass is 19.1. The van der Waals surface area contributed by atoms with E-state index in [1.807, 2.05) is 13.0 Å². The molecule has 4 aromatic rings. The zero-order valence-electron chi connectivity index (χ0n) is 15.1. The number of nitrogens with one attached hydrogen (secondary N) is 1. The molecule has 140 valence electrons. The highest BCUT2D eigenvalue weighted by Gasteiger charge is 2.21. The quantitative estimate of drug-likeness (QED) is 0.571. The van der Waals surface area contributed by atoms with E-state index in [0.29, 0.717) is 11.3 Å². The van der Waals surface area contributed by atoms with Gasteiger partial charge >= 0.3 is 0 Å². The monoisotopic (exact) mass is 377 g/mol. The molecule has 0 aliphatic rings. The molecule has 6 heteroatoms. The van der Waals surface area contributed by atoms with E-state index in [9.17, 15) is 13.6 Å². The third kappa shape index (κ3) is 3.36. The molecule has 2 aromatic carbocycles. The Kier molecular flexibility index (Phi) is 4.61. The van der Waals surface area contributed by atoms with E-state index in [-0.39, 0.29) is 17.1 Å². The number of hydrogen-bond donors (Lipinski definition) is 1. The van der Waals surface area contributed by atoms with E-state index >= 15 is 0 Å². The van der Waals surface area contributed by atoms with Crippen molar-refractivity contribution in [1.82, 2.24) is 14.8 Å². The summed E-state index contributed by atoms with van der Waals surface area (Å²) in [6.45, 7) is 1.88. The summed E-state index contributed by atoms with van der Waals surface area (Å²) in [5, 5.41) is 4.65. The maximum Gasteiger partial charge on any atom is 0.190 e. The molecular formula is C22H17F2N3O. The van der Waals surface area contributed by atoms with Gasteiger partial charge in [0.2, 0.25) is 0 Å². The Hall–Kier alpha value is -3.54. The van der Waals surface area contributed by atoms with Crippen LogP contribution in [0.3, 0.4) is 0 Å². The number of rotatable bonds is 4. The average molecular weight is 377 g/mol. The molecule has 0 fully saturated rings. The van der Waals surface area contributed by atoms with Crippen LogP contribution in [0.1, 0.15) is 22.9 Å². The molecule has 0 bridgehead atoms. The predicted molar refractivity (Wildman–Crippen MR) is 103 cm³/mol. The van der Waals surface area contributed by atoms with Gasteiger partial charge in [-0.15, -0.1) is 0 Å². The number of benzene rings is 2. The molecule has 28 heavy (non-hydrogen) atoms. The van der Waals surface area contributed by atoms with Gasteiger partial charge < -0.3 is 4.98 Å².